The van der Waals surface area contributed by atoms with Crippen LogP contribution in [-0.4, -0.2) is 84.0 Å². The van der Waals surface area contributed by atoms with E-state index in [9.17, 15) is 68.3 Å². The van der Waals surface area contributed by atoms with Crippen LogP contribution in [0.4, 0.5) is 64.2 Å². The normalized spacial score (nSPS) is 11.5. The molecule has 6 rings (SSSR count). The first-order valence-electron chi connectivity index (χ1n) is 22.7. The summed E-state index contributed by atoms with van der Waals surface area (Å²) >= 11 is 25.4. The Morgan fingerprint density at radius 3 is 1.27 bits per heavy atom. The summed E-state index contributed by atoms with van der Waals surface area (Å²) < 4.78 is 130. The number of carbonyl (C=O) groups excluding carboxylic acids is 6. The van der Waals surface area contributed by atoms with Crippen molar-refractivity contribution >= 4 is 128 Å². The molecule has 0 aromatic carbocycles. The molecule has 6 aromatic rings. The number of hydrogen-bond donors (Lipinski definition) is 2. The molecule has 35 heteroatoms. The number of pyridine rings is 3. The third-order valence-electron chi connectivity index (χ3n) is 8.27. The van der Waals surface area contributed by atoms with Crippen LogP contribution in [-0.2, 0) is 57.1 Å². The Balaban J connectivity index is 0.000000372. The highest BCUT2D eigenvalue weighted by molar-refractivity contribution is 7.18. The Morgan fingerprint density at radius 2 is 0.940 bits per heavy atom. The molecule has 454 valence electrons. The van der Waals surface area contributed by atoms with Gasteiger partial charge in [0.05, 0.1) is 6.54 Å². The van der Waals surface area contributed by atoms with Crippen LogP contribution in [0.25, 0.3) is 0 Å². The van der Waals surface area contributed by atoms with Crippen LogP contribution in [0.2, 0.25) is 19.9 Å². The quantitative estimate of drug-likeness (QED) is 0.0425. The Morgan fingerprint density at radius 1 is 0.554 bits per heavy atom. The van der Waals surface area contributed by atoms with Crippen LogP contribution in [0.1, 0.15) is 125 Å². The molecule has 0 saturated heterocycles. The van der Waals surface area contributed by atoms with Gasteiger partial charge < -0.3 is 30.0 Å². The smallest absolute Gasteiger partial charge is 0.443 e. The summed E-state index contributed by atoms with van der Waals surface area (Å²) in [5, 5.41) is 3.55. The topological polar surface area (TPSA) is 258 Å². The number of nitrogens with two attached hydrogens (primary N) is 1. The molecule has 0 aliphatic rings. The van der Waals surface area contributed by atoms with Crippen molar-refractivity contribution in [3.8, 4) is 0 Å². The van der Waals surface area contributed by atoms with Gasteiger partial charge in [0.15, 0.2) is 49.0 Å². The van der Waals surface area contributed by atoms with Crippen molar-refractivity contribution in [3.05, 3.63) is 123 Å². The highest BCUT2D eigenvalue weighted by Gasteiger charge is 2.34. The molecular formula is C48H48Cl4F9N9O10S3. The first-order chi connectivity index (χ1) is 38.1. The number of ether oxygens (including phenoxy) is 4. The first kappa shape index (κ1) is 72.8. The number of thiazole rings is 3. The van der Waals surface area contributed by atoms with E-state index in [2.05, 4.69) is 40.0 Å². The van der Waals surface area contributed by atoms with Crippen LogP contribution in [0.15, 0.2) is 55.0 Å². The summed E-state index contributed by atoms with van der Waals surface area (Å²) in [5.74, 6) is 0. The lowest BCUT2D eigenvalue weighted by atomic mass is 10.2. The molecule has 6 aromatic heterocycles. The van der Waals surface area contributed by atoms with Crippen molar-refractivity contribution in [3.63, 3.8) is 0 Å². The summed E-state index contributed by atoms with van der Waals surface area (Å²) in [6.45, 7) is 15.3. The predicted octanol–water partition coefficient (Wildman–Crippen LogP) is 15.3. The Kier molecular flexibility index (Phi) is 27.6. The molecule has 0 aliphatic carbocycles. The van der Waals surface area contributed by atoms with Gasteiger partial charge in [-0.2, -0.15) is 39.5 Å². The predicted molar refractivity (Wildman–Crippen MR) is 291 cm³/mol. The minimum absolute atomic E-state index is 0.0795. The fourth-order valence-corrected chi connectivity index (χ4v) is 8.09. The molecule has 83 heavy (non-hydrogen) atoms. The minimum Gasteiger partial charge on any atom is -0.443 e. The largest absolute Gasteiger partial charge is 0.519 e. The van der Waals surface area contributed by atoms with Crippen molar-refractivity contribution < 1.29 is 87.2 Å². The molecule has 0 unspecified atom stereocenters. The second-order valence-electron chi connectivity index (χ2n) is 18.6. The van der Waals surface area contributed by atoms with E-state index >= 15 is 0 Å². The van der Waals surface area contributed by atoms with Gasteiger partial charge in [-0.15, -0.1) is 0 Å². The van der Waals surface area contributed by atoms with Gasteiger partial charge in [-0.05, 0) is 97.2 Å². The molecule has 0 spiro atoms. The number of nitrogens with zero attached hydrogens (tertiary/aromatic N) is 7. The van der Waals surface area contributed by atoms with Crippen molar-refractivity contribution in [2.24, 2.45) is 5.73 Å². The van der Waals surface area contributed by atoms with E-state index in [-0.39, 0.29) is 45.1 Å². The fraction of sp³-hybridized carbons (Fsp3) is 0.375. The van der Waals surface area contributed by atoms with E-state index in [1.54, 1.807) is 62.3 Å². The van der Waals surface area contributed by atoms with Crippen LogP contribution in [0.5, 0.6) is 0 Å². The van der Waals surface area contributed by atoms with Crippen molar-refractivity contribution in [1.29, 1.82) is 0 Å². The summed E-state index contributed by atoms with van der Waals surface area (Å²) in [4.78, 5) is 89.4. The third kappa shape index (κ3) is 27.7. The molecule has 6 heterocycles. The molecule has 0 bridgehead atoms. The number of halogens is 13. The van der Waals surface area contributed by atoms with Crippen molar-refractivity contribution in [1.82, 2.24) is 29.9 Å². The number of anilines is 2. The van der Waals surface area contributed by atoms with Gasteiger partial charge in [-0.25, -0.2) is 34.2 Å². The number of alkyl halides is 9. The maximum Gasteiger partial charge on any atom is 0.519 e. The first-order valence-corrected chi connectivity index (χ1v) is 26.7. The number of aromatic nitrogens is 6. The van der Waals surface area contributed by atoms with E-state index in [0.29, 0.717) is 54.9 Å². The SMILES string of the molecule is CC(C)(C)OC(=O)N(Cc1ccc(C(F)(F)F)nc1)c1nc(Cl)c(C=O)s1.CC(C)(C)OC(=O)OC(=O)OC(C)(C)C.NCc1ccc(C(F)(F)F)nc1.O=Cc1sc(Cl)nc1Cl.O=Cc1sc(NCc2ccc(C(F)(F)F)nc2)nc1Cl. The van der Waals surface area contributed by atoms with Gasteiger partial charge in [0, 0.05) is 31.7 Å². The average Bonchev–Trinajstić information content (AvgIpc) is 4.22. The van der Waals surface area contributed by atoms with Crippen LogP contribution < -0.4 is 16.0 Å². The van der Waals surface area contributed by atoms with Gasteiger partial charge in [0.25, 0.3) is 0 Å². The van der Waals surface area contributed by atoms with E-state index in [0.717, 1.165) is 75.7 Å². The molecule has 0 aliphatic heterocycles. The fourth-order valence-electron chi connectivity index (χ4n) is 4.91. The third-order valence-corrected chi connectivity index (χ3v) is 12.5. The summed E-state index contributed by atoms with van der Waals surface area (Å²) in [6.07, 6.45) is -11.3. The minimum atomic E-state index is -4.56. The van der Waals surface area contributed by atoms with Crippen LogP contribution in [0, 0.1) is 0 Å². The molecule has 0 atom stereocenters. The Labute approximate surface area is 499 Å². The highest BCUT2D eigenvalue weighted by atomic mass is 35.5. The second kappa shape index (κ2) is 31.5. The van der Waals surface area contributed by atoms with Crippen molar-refractivity contribution in [2.75, 3.05) is 10.2 Å². The zero-order chi connectivity index (χ0) is 63.5. The van der Waals surface area contributed by atoms with E-state index in [1.807, 2.05) is 0 Å². The number of carbonyl (C=O) groups is 6. The monoisotopic (exact) mass is 1320 g/mol. The Bertz CT molecular complexity index is 3070. The molecular weight excluding hydrogens is 1270 g/mol. The van der Waals surface area contributed by atoms with Crippen LogP contribution >= 0.6 is 80.4 Å². The summed E-state index contributed by atoms with van der Waals surface area (Å²) in [5.41, 5.74) is 1.55. The van der Waals surface area contributed by atoms with Crippen LogP contribution in [0.3, 0.4) is 0 Å². The lowest BCUT2D eigenvalue weighted by Crippen LogP contribution is -2.36. The molecule has 19 nitrogen and oxygen atoms in total. The molecule has 1 amide bonds. The van der Waals surface area contributed by atoms with Gasteiger partial charge >= 0.3 is 36.9 Å². The van der Waals surface area contributed by atoms with E-state index < -0.39 is 70.8 Å². The molecule has 3 N–H and O–H groups in total. The zero-order valence-electron chi connectivity index (χ0n) is 44.5. The number of aldehydes is 3. The zero-order valence-corrected chi connectivity index (χ0v) is 50.0. The molecule has 0 radical (unpaired) electrons. The maximum absolute atomic E-state index is 12.6. The number of nitrogens with one attached hydrogen (secondary N) is 1. The lowest BCUT2D eigenvalue weighted by molar-refractivity contribution is -0.142. The highest BCUT2D eigenvalue weighted by Crippen LogP contribution is 2.33. The molecule has 0 saturated carbocycles. The van der Waals surface area contributed by atoms with E-state index in [1.165, 1.54) is 18.2 Å². The Hall–Kier alpha value is -6.35. The van der Waals surface area contributed by atoms with Gasteiger partial charge in [0.2, 0.25) is 0 Å². The second-order valence-corrected chi connectivity index (χ2v) is 23.3. The lowest BCUT2D eigenvalue weighted by Gasteiger charge is -2.25. The average molecular weight is 1320 g/mol. The maximum atomic E-state index is 12.6. The van der Waals surface area contributed by atoms with Gasteiger partial charge in [-0.3, -0.25) is 29.3 Å². The standard InChI is InChI=1S/C16H15ClF3N3O3S.C11H7ClF3N3OS.C10H18O5.C7H7F3N2.C4HCl2NOS/c1-15(2,3)26-14(25)23(13-22-12(17)10(8-24)27-13)7-9-4-5-11(21-6-9)16(18,19)20;12-9-7(5-19)20-10(18-9)17-4-6-1-2-8(16-3-6)11(13,14)15;1-9(2,3)14-7(11)13-8(12)15-10(4,5)6;8-7(9,10)6-2-1-5(3-11)4-12-6;5-3-2(1-8)9-4(6)7-3/h4-6,8H,7H2,1-3H3;1-3,5H,4H2,(H,17,18);1-6H3;1-2,4H,3,11H2;1H. The number of amides is 1. The van der Waals surface area contributed by atoms with E-state index in [4.69, 9.17) is 66.3 Å². The molecule has 0 fully saturated rings. The summed E-state index contributed by atoms with van der Waals surface area (Å²) in [6, 6.07) is 6.47. The van der Waals surface area contributed by atoms with Gasteiger partial charge in [-0.1, -0.05) is 98.6 Å². The summed E-state index contributed by atoms with van der Waals surface area (Å²) in [7, 11) is 0. The van der Waals surface area contributed by atoms with Crippen molar-refractivity contribution in [2.45, 2.75) is 117 Å². The number of hydrogen-bond acceptors (Lipinski definition) is 21. The number of rotatable bonds is 10. The van der Waals surface area contributed by atoms with Gasteiger partial charge in [0.1, 0.15) is 48.5 Å².